The Morgan fingerprint density at radius 2 is 1.89 bits per heavy atom. The van der Waals surface area contributed by atoms with Gasteiger partial charge in [0.1, 0.15) is 0 Å². The normalized spacial score (nSPS) is 15.7. The standard InChI is InChI=1S/C20H29N3O4/c1-14(12-18(24)21-2)22-20(26)23-10-8-15(9-11-23)13-16-6-4-5-7-17(16)19(25)27-3/h4-7,14-15H,8-13H2,1-3H3,(H,21,24)(H,22,26). The quantitative estimate of drug-likeness (QED) is 0.744. The van der Waals surface area contributed by atoms with Gasteiger partial charge in [0, 0.05) is 32.6 Å². The lowest BCUT2D eigenvalue weighted by Gasteiger charge is -2.33. The zero-order chi connectivity index (χ0) is 19.8. The van der Waals surface area contributed by atoms with Crippen LogP contribution in [0.25, 0.3) is 0 Å². The zero-order valence-corrected chi connectivity index (χ0v) is 16.3. The predicted octanol–water partition coefficient (Wildman–Crippen LogP) is 1.96. The molecule has 1 aliphatic rings. The fraction of sp³-hybridized carbons (Fsp3) is 0.550. The number of methoxy groups -OCH3 is 1. The summed E-state index contributed by atoms with van der Waals surface area (Å²) in [5.41, 5.74) is 1.61. The first-order valence-corrected chi connectivity index (χ1v) is 9.36. The van der Waals surface area contributed by atoms with E-state index in [0.29, 0.717) is 24.6 Å². The monoisotopic (exact) mass is 375 g/mol. The molecule has 0 saturated carbocycles. The van der Waals surface area contributed by atoms with Crippen LogP contribution in [0.1, 0.15) is 42.1 Å². The van der Waals surface area contributed by atoms with Gasteiger partial charge in [0.05, 0.1) is 12.7 Å². The lowest BCUT2D eigenvalue weighted by molar-refractivity contribution is -0.120. The van der Waals surface area contributed by atoms with Crippen molar-refractivity contribution in [1.82, 2.24) is 15.5 Å². The molecular weight excluding hydrogens is 346 g/mol. The first-order chi connectivity index (χ1) is 12.9. The summed E-state index contributed by atoms with van der Waals surface area (Å²) in [6.07, 6.45) is 2.83. The molecule has 3 amide bonds. The van der Waals surface area contributed by atoms with E-state index in [9.17, 15) is 14.4 Å². The Labute approximate surface area is 160 Å². The number of nitrogens with one attached hydrogen (secondary N) is 2. The second-order valence-corrected chi connectivity index (χ2v) is 7.01. The number of likely N-dealkylation sites (tertiary alicyclic amines) is 1. The van der Waals surface area contributed by atoms with E-state index in [1.165, 1.54) is 7.11 Å². The van der Waals surface area contributed by atoms with Gasteiger partial charge in [-0.25, -0.2) is 9.59 Å². The van der Waals surface area contributed by atoms with Crippen molar-refractivity contribution >= 4 is 17.9 Å². The average molecular weight is 375 g/mol. The summed E-state index contributed by atoms with van der Waals surface area (Å²) in [4.78, 5) is 37.4. The highest BCUT2D eigenvalue weighted by atomic mass is 16.5. The summed E-state index contributed by atoms with van der Waals surface area (Å²) in [7, 11) is 2.97. The molecule has 1 fully saturated rings. The summed E-state index contributed by atoms with van der Waals surface area (Å²) >= 11 is 0. The summed E-state index contributed by atoms with van der Waals surface area (Å²) in [6, 6.07) is 7.19. The highest BCUT2D eigenvalue weighted by Crippen LogP contribution is 2.24. The molecule has 0 spiro atoms. The number of hydrogen-bond acceptors (Lipinski definition) is 4. The minimum Gasteiger partial charge on any atom is -0.465 e. The zero-order valence-electron chi connectivity index (χ0n) is 16.3. The Morgan fingerprint density at radius 3 is 2.52 bits per heavy atom. The number of carbonyl (C=O) groups is 3. The fourth-order valence-corrected chi connectivity index (χ4v) is 3.39. The number of hydrogen-bond donors (Lipinski definition) is 2. The van der Waals surface area contributed by atoms with Gasteiger partial charge in [0.15, 0.2) is 0 Å². The van der Waals surface area contributed by atoms with Crippen molar-refractivity contribution in [3.05, 3.63) is 35.4 Å². The van der Waals surface area contributed by atoms with Gasteiger partial charge < -0.3 is 20.3 Å². The molecule has 1 aliphatic heterocycles. The Kier molecular flexibility index (Phi) is 7.64. The van der Waals surface area contributed by atoms with Gasteiger partial charge >= 0.3 is 12.0 Å². The molecule has 1 atom stereocenters. The summed E-state index contributed by atoms with van der Waals surface area (Å²) < 4.78 is 4.86. The highest BCUT2D eigenvalue weighted by molar-refractivity contribution is 5.91. The van der Waals surface area contributed by atoms with Crippen LogP contribution in [-0.4, -0.2) is 56.1 Å². The van der Waals surface area contributed by atoms with Gasteiger partial charge in [-0.15, -0.1) is 0 Å². The van der Waals surface area contributed by atoms with Crippen LogP contribution in [0.2, 0.25) is 0 Å². The van der Waals surface area contributed by atoms with E-state index in [4.69, 9.17) is 4.74 Å². The van der Waals surface area contributed by atoms with Gasteiger partial charge in [-0.3, -0.25) is 4.79 Å². The molecule has 1 aromatic rings. The van der Waals surface area contributed by atoms with Crippen molar-refractivity contribution in [2.75, 3.05) is 27.2 Å². The van der Waals surface area contributed by atoms with E-state index in [2.05, 4.69) is 10.6 Å². The van der Waals surface area contributed by atoms with E-state index in [1.54, 1.807) is 18.0 Å². The van der Waals surface area contributed by atoms with E-state index >= 15 is 0 Å². The maximum Gasteiger partial charge on any atom is 0.338 e. The second-order valence-electron chi connectivity index (χ2n) is 7.01. The molecular formula is C20H29N3O4. The third kappa shape index (κ3) is 5.98. The highest BCUT2D eigenvalue weighted by Gasteiger charge is 2.25. The first-order valence-electron chi connectivity index (χ1n) is 9.36. The third-order valence-electron chi connectivity index (χ3n) is 4.97. The average Bonchev–Trinajstić information content (AvgIpc) is 2.68. The number of urea groups is 1. The Morgan fingerprint density at radius 1 is 1.22 bits per heavy atom. The van der Waals surface area contributed by atoms with Gasteiger partial charge in [-0.05, 0) is 43.7 Å². The molecule has 0 aromatic heterocycles. The van der Waals surface area contributed by atoms with Crippen LogP contribution in [0.15, 0.2) is 24.3 Å². The number of ether oxygens (including phenoxy) is 1. The molecule has 1 unspecified atom stereocenters. The van der Waals surface area contributed by atoms with E-state index in [0.717, 1.165) is 24.8 Å². The smallest absolute Gasteiger partial charge is 0.338 e. The molecule has 148 valence electrons. The van der Waals surface area contributed by atoms with Gasteiger partial charge in [0.25, 0.3) is 0 Å². The lowest BCUT2D eigenvalue weighted by atomic mass is 9.88. The van der Waals surface area contributed by atoms with Crippen molar-refractivity contribution < 1.29 is 19.1 Å². The van der Waals surface area contributed by atoms with Crippen LogP contribution in [0, 0.1) is 5.92 Å². The Bertz CT molecular complexity index is 669. The van der Waals surface area contributed by atoms with Crippen molar-refractivity contribution in [2.24, 2.45) is 5.92 Å². The van der Waals surface area contributed by atoms with Crippen molar-refractivity contribution in [2.45, 2.75) is 38.6 Å². The van der Waals surface area contributed by atoms with Crippen molar-refractivity contribution in [3.8, 4) is 0 Å². The molecule has 1 aromatic carbocycles. The van der Waals surface area contributed by atoms with Crippen LogP contribution in [0.5, 0.6) is 0 Å². The number of amides is 3. The topological polar surface area (TPSA) is 87.7 Å². The summed E-state index contributed by atoms with van der Waals surface area (Å²) in [5, 5.41) is 5.43. The molecule has 1 heterocycles. The number of nitrogens with zero attached hydrogens (tertiary/aromatic N) is 1. The number of benzene rings is 1. The molecule has 7 nitrogen and oxygen atoms in total. The number of carbonyl (C=O) groups excluding carboxylic acids is 3. The second kappa shape index (κ2) is 9.94. The van der Waals surface area contributed by atoms with E-state index in [-0.39, 0.29) is 30.4 Å². The number of esters is 1. The molecule has 7 heteroatoms. The van der Waals surface area contributed by atoms with Gasteiger partial charge in [-0.2, -0.15) is 0 Å². The van der Waals surface area contributed by atoms with Crippen molar-refractivity contribution in [1.29, 1.82) is 0 Å². The largest absolute Gasteiger partial charge is 0.465 e. The van der Waals surface area contributed by atoms with Crippen molar-refractivity contribution in [3.63, 3.8) is 0 Å². The first kappa shape index (κ1) is 20.7. The molecule has 2 rings (SSSR count). The molecule has 0 bridgehead atoms. The predicted molar refractivity (Wildman–Crippen MR) is 102 cm³/mol. The van der Waals surface area contributed by atoms with Gasteiger partial charge in [-0.1, -0.05) is 18.2 Å². The molecule has 1 saturated heterocycles. The van der Waals surface area contributed by atoms with Crippen LogP contribution in [-0.2, 0) is 16.0 Å². The molecule has 27 heavy (non-hydrogen) atoms. The molecule has 0 aliphatic carbocycles. The van der Waals surface area contributed by atoms with Gasteiger partial charge in [0.2, 0.25) is 5.91 Å². The SMILES string of the molecule is CNC(=O)CC(C)NC(=O)N1CCC(Cc2ccccc2C(=O)OC)CC1. The summed E-state index contributed by atoms with van der Waals surface area (Å²) in [6.45, 7) is 3.16. The molecule has 0 radical (unpaired) electrons. The summed E-state index contributed by atoms with van der Waals surface area (Å²) in [5.74, 6) is 0.0152. The fourth-order valence-electron chi connectivity index (χ4n) is 3.39. The lowest BCUT2D eigenvalue weighted by Crippen LogP contribution is -2.48. The molecule has 2 N–H and O–H groups in total. The Hall–Kier alpha value is -2.57. The maximum absolute atomic E-state index is 12.3. The van der Waals surface area contributed by atoms with E-state index < -0.39 is 0 Å². The minimum absolute atomic E-state index is 0.0919. The van der Waals surface area contributed by atoms with Crippen LogP contribution in [0.4, 0.5) is 4.79 Å². The maximum atomic E-state index is 12.3. The van der Waals surface area contributed by atoms with Crippen LogP contribution >= 0.6 is 0 Å². The van der Waals surface area contributed by atoms with Crippen LogP contribution < -0.4 is 10.6 Å². The van der Waals surface area contributed by atoms with Crippen LogP contribution in [0.3, 0.4) is 0 Å². The number of piperidine rings is 1. The van der Waals surface area contributed by atoms with E-state index in [1.807, 2.05) is 25.1 Å². The third-order valence-corrected chi connectivity index (χ3v) is 4.97. The Balaban J connectivity index is 1.84. The number of rotatable bonds is 6. The minimum atomic E-state index is -0.312.